The van der Waals surface area contributed by atoms with Crippen LogP contribution in [0.2, 0.25) is 0 Å². The maximum atomic E-state index is 14.8. The van der Waals surface area contributed by atoms with Gasteiger partial charge < -0.3 is 43.1 Å². The van der Waals surface area contributed by atoms with Crippen LogP contribution in [0.5, 0.6) is 17.2 Å². The van der Waals surface area contributed by atoms with Crippen LogP contribution in [-0.4, -0.2) is 183 Å². The van der Waals surface area contributed by atoms with Gasteiger partial charge in [0.05, 0.1) is 71.4 Å². The molecule has 31 heteroatoms. The van der Waals surface area contributed by atoms with Crippen LogP contribution in [0.25, 0.3) is 0 Å². The summed E-state index contributed by atoms with van der Waals surface area (Å²) in [5.41, 5.74) is 16.9. The van der Waals surface area contributed by atoms with E-state index in [1.807, 2.05) is 76.5 Å². The smallest absolute Gasteiger partial charge is 0.286 e. The lowest BCUT2D eigenvalue weighted by atomic mass is 9.68. The van der Waals surface area contributed by atoms with Crippen LogP contribution in [-0.2, 0) is 121 Å². The van der Waals surface area contributed by atoms with Gasteiger partial charge in [0, 0.05) is 151 Å². The summed E-state index contributed by atoms with van der Waals surface area (Å²) in [6.07, 6.45) is 39.1. The third kappa shape index (κ3) is 24.0. The number of rotatable bonds is 15. The van der Waals surface area contributed by atoms with Gasteiger partial charge in [-0.05, 0) is 323 Å². The van der Waals surface area contributed by atoms with Gasteiger partial charge in [0.2, 0.25) is 17.7 Å². The number of fused-ring (bicyclic) bond motifs is 12. The Kier molecular flexibility index (Phi) is 34.0. The molecule has 798 valence electrons. The lowest BCUT2D eigenvalue weighted by molar-refractivity contribution is -0.120. The van der Waals surface area contributed by atoms with Crippen molar-refractivity contribution in [3.05, 3.63) is 248 Å². The number of nitrogens with one attached hydrogen (secondary N) is 3. The Hall–Kier alpha value is -11.1. The van der Waals surface area contributed by atoms with E-state index in [1.165, 1.54) is 50.1 Å². The zero-order chi connectivity index (χ0) is 105. The largest absolute Gasteiger partial charge is 0.490 e. The van der Waals surface area contributed by atoms with Crippen molar-refractivity contribution in [3.63, 3.8) is 0 Å². The van der Waals surface area contributed by atoms with Crippen LogP contribution in [0.1, 0.15) is 267 Å². The second-order valence-electron chi connectivity index (χ2n) is 44.0. The molecule has 20 rings (SSSR count). The zero-order valence-corrected chi connectivity index (χ0v) is 91.4. The lowest BCUT2D eigenvalue weighted by Gasteiger charge is -2.46. The molecule has 8 heterocycles. The SMILES string of the molecule is CCC(=O)NS1(=O)=NC(=O)c2ccc3c(c2)N(C[C@@H]2CC[C@H]2[C@@H](OC)/C=C/CCCC1)C[C@@]1(CCCc2cc(C)ccc21)CO3.CC[C@@H]1CC/C=C/[C@H](OC)[C@@H]2CC[C@H]2CN2C[C@@]3(CCCc4cc(C)ccc43)COc3ccc(cc32)C(=O)N=S1(=O)NC(=O)CCc1ccnn1C.CC[C@@H]1CC/C=C/[C@H](OC)[C@@H]2CC[C@H]2CN2C[C@@]3(CCCc4cc(C)ccc43)COc3ccc(cc32)C(=O)N=S1(=O)NC(=O)CCc1ccnn1C. The van der Waals surface area contributed by atoms with E-state index < -0.39 is 69.8 Å². The van der Waals surface area contributed by atoms with Crippen molar-refractivity contribution in [3.8, 4) is 17.2 Å². The van der Waals surface area contributed by atoms with Crippen LogP contribution in [0.3, 0.4) is 0 Å². The molecular formula is C118H153N13O15S3. The fourth-order valence-corrected chi connectivity index (χ4v) is 31.3. The molecule has 0 saturated heterocycles. The topological polar surface area (TPSA) is 328 Å². The fourth-order valence-electron chi connectivity index (χ4n) is 25.5. The van der Waals surface area contributed by atoms with Crippen molar-refractivity contribution < 1.29 is 69.8 Å². The minimum absolute atomic E-state index is 0.0320. The molecule has 3 N–H and O–H groups in total. The zero-order valence-electron chi connectivity index (χ0n) is 88.9. The molecule has 12 aliphatic rings. The molecular weight excluding hydrogens is 1940 g/mol. The van der Waals surface area contributed by atoms with Gasteiger partial charge in [-0.15, -0.1) is 13.1 Å². The molecule has 3 fully saturated rings. The van der Waals surface area contributed by atoms with E-state index in [0.717, 1.165) is 194 Å². The van der Waals surface area contributed by atoms with Crippen molar-refractivity contribution in [1.29, 1.82) is 0 Å². The van der Waals surface area contributed by atoms with Gasteiger partial charge in [-0.3, -0.25) is 52.3 Å². The third-order valence-corrected chi connectivity index (χ3v) is 41.0. The first-order valence-corrected chi connectivity index (χ1v) is 59.5. The molecule has 17 atom stereocenters. The number of hydrogen-bond donors (Lipinski definition) is 3. The fraction of sp³-hybridized carbons (Fsp3) is 0.542. The number of aromatic nitrogens is 4. The number of benzene rings is 6. The Morgan fingerprint density at radius 1 is 0.423 bits per heavy atom. The Morgan fingerprint density at radius 3 is 1.11 bits per heavy atom. The number of nitrogens with zero attached hydrogens (tertiary/aromatic N) is 10. The predicted molar refractivity (Wildman–Crippen MR) is 586 cm³/mol. The molecule has 6 aliphatic carbocycles. The molecule has 149 heavy (non-hydrogen) atoms. The monoisotopic (exact) mass is 2090 g/mol. The van der Waals surface area contributed by atoms with Crippen LogP contribution in [0, 0.1) is 56.3 Å². The summed E-state index contributed by atoms with van der Waals surface area (Å²) < 4.78 is 106. The molecule has 8 aromatic rings. The van der Waals surface area contributed by atoms with Crippen molar-refractivity contribution in [2.45, 2.75) is 273 Å². The first-order chi connectivity index (χ1) is 71.9. The number of amides is 6. The number of ether oxygens (including phenoxy) is 6. The minimum Gasteiger partial charge on any atom is -0.490 e. The molecule has 3 saturated carbocycles. The van der Waals surface area contributed by atoms with Gasteiger partial charge >= 0.3 is 0 Å². The van der Waals surface area contributed by atoms with Crippen LogP contribution >= 0.6 is 0 Å². The van der Waals surface area contributed by atoms with E-state index in [4.69, 9.17) is 28.4 Å². The summed E-state index contributed by atoms with van der Waals surface area (Å²) in [7, 11) is -1.25. The summed E-state index contributed by atoms with van der Waals surface area (Å²) in [5, 5.41) is 7.32. The minimum atomic E-state index is -3.49. The second-order valence-corrected chi connectivity index (χ2v) is 50.5. The van der Waals surface area contributed by atoms with Gasteiger partial charge in [0.25, 0.3) is 17.7 Å². The number of carbonyl (C=O) groups is 6. The van der Waals surface area contributed by atoms with Crippen LogP contribution in [0.4, 0.5) is 17.1 Å². The number of carbonyl (C=O) groups excluding carboxylic acids is 6. The molecule has 3 spiro atoms. The van der Waals surface area contributed by atoms with Crippen molar-refractivity contribution in [2.24, 2.45) is 62.7 Å². The van der Waals surface area contributed by atoms with Crippen molar-refractivity contribution in [2.75, 3.05) is 101 Å². The maximum absolute atomic E-state index is 14.8. The summed E-state index contributed by atoms with van der Waals surface area (Å²) in [5.74, 6) is 1.79. The Labute approximate surface area is 881 Å². The molecule has 28 nitrogen and oxygen atoms in total. The van der Waals surface area contributed by atoms with Crippen LogP contribution < -0.4 is 43.1 Å². The summed E-state index contributed by atoms with van der Waals surface area (Å²) in [6, 6.07) is 40.6. The highest BCUT2D eigenvalue weighted by molar-refractivity contribution is 7.93. The van der Waals surface area contributed by atoms with E-state index in [0.29, 0.717) is 130 Å². The highest BCUT2D eigenvalue weighted by Crippen LogP contribution is 2.53. The van der Waals surface area contributed by atoms with E-state index in [9.17, 15) is 41.4 Å². The van der Waals surface area contributed by atoms with E-state index >= 15 is 0 Å². The molecule has 6 amide bonds. The number of aryl methyl sites for hydroxylation is 10. The van der Waals surface area contributed by atoms with E-state index in [1.54, 1.807) is 68.2 Å². The first-order valence-electron chi connectivity index (χ1n) is 54.6. The first kappa shape index (κ1) is 108. The summed E-state index contributed by atoms with van der Waals surface area (Å²) >= 11 is 0. The van der Waals surface area contributed by atoms with Crippen molar-refractivity contribution in [1.82, 2.24) is 33.7 Å². The van der Waals surface area contributed by atoms with Crippen LogP contribution in [0.15, 0.2) is 183 Å². The number of allylic oxidation sites excluding steroid dienone is 3. The van der Waals surface area contributed by atoms with Gasteiger partial charge in [0.1, 0.15) is 47.0 Å². The molecule has 6 aromatic carbocycles. The highest BCUT2D eigenvalue weighted by atomic mass is 32.2. The highest BCUT2D eigenvalue weighted by Gasteiger charge is 2.50. The predicted octanol–water partition coefficient (Wildman–Crippen LogP) is 19.6. The molecule has 6 bridgehead atoms. The van der Waals surface area contributed by atoms with Gasteiger partial charge in [-0.2, -0.15) is 10.2 Å². The molecule has 6 aliphatic heterocycles. The number of anilines is 3. The normalized spacial score (nSPS) is 29.9. The average molecular weight is 2090 g/mol. The standard InChI is InChI=1S/2C41H53N5O5S.C36H47N3O5S/c2*1-5-33-10-6-7-11-37(50-4)34-16-13-31(34)25-46-26-41(21-8-9-29-23-28(2)12-17-35(29)41)27-51-38-18-14-30(24-36(38)46)40(48)44-52(33,49)43-39(47)19-15-32-20-22-42-45(32)3;1-4-34(40)37-45(42)19-8-6-5-7-11-32(43-3)29-15-13-28(29)22-39-23-36(18-9-10-26-20-25(2)12-16-30(26)36)24-44-33-17-14-27(21-31(33)39)35(41)38-45/h2*7,11-12,14,17-18,20,22-24,31,33-34,37H,5-6,8-10,13,15-16,19,21,25-27H2,1-4H3,(H,43,44,47,48,49);7,11-12,14,16-17,20-21,28-29,32H,4-6,8-10,13,15,18-19,22-24H2,1-3H3,(H,37,38,40,41,42)/b3*11-7+/t2*31-,33+,34+,37-,41-,52?;28-,29+,32-,36-,45?/m000/s1. The Balaban J connectivity index is 0.000000146. The Bertz CT molecular complexity index is 6500. The molecule has 2 aromatic heterocycles. The average Bonchev–Trinajstić information content (AvgIpc) is 1.67. The van der Waals surface area contributed by atoms with E-state index in [2.05, 4.69) is 164 Å². The van der Waals surface area contributed by atoms with E-state index in [-0.39, 0.29) is 65.5 Å². The summed E-state index contributed by atoms with van der Waals surface area (Å²) in [4.78, 5) is 88.3. The second kappa shape index (κ2) is 47.0. The maximum Gasteiger partial charge on any atom is 0.286 e. The Morgan fingerprint density at radius 2 is 0.785 bits per heavy atom. The molecule has 0 radical (unpaired) electrons. The number of hydrogen-bond acceptors (Lipinski definition) is 20. The lowest BCUT2D eigenvalue weighted by Crippen LogP contribution is -2.49. The summed E-state index contributed by atoms with van der Waals surface area (Å²) in [6.45, 7) is 18.5. The van der Waals surface area contributed by atoms with Crippen molar-refractivity contribution >= 4 is 82.3 Å². The quantitative estimate of drug-likeness (QED) is 0.0803. The third-order valence-electron chi connectivity index (χ3n) is 34.3. The van der Waals surface area contributed by atoms with Gasteiger partial charge in [-0.1, -0.05) is 129 Å². The van der Waals surface area contributed by atoms with Gasteiger partial charge in [0.15, 0.2) is 0 Å². The van der Waals surface area contributed by atoms with Gasteiger partial charge in [-0.25, -0.2) is 12.6 Å². The number of methoxy groups -OCH3 is 3. The molecule has 3 unspecified atom stereocenters.